The van der Waals surface area contributed by atoms with Gasteiger partial charge in [0.1, 0.15) is 17.0 Å². The molecule has 0 aliphatic carbocycles. The minimum atomic E-state index is -0.282. The average Bonchev–Trinajstić information content (AvgIpc) is 2.83. The summed E-state index contributed by atoms with van der Waals surface area (Å²) in [4.78, 5) is 2.20. The number of halogens is 1. The number of hydrogen-bond acceptors (Lipinski definition) is 3. The molecule has 0 aromatic heterocycles. The molecule has 0 bridgehead atoms. The molecule has 34 heavy (non-hydrogen) atoms. The highest BCUT2D eigenvalue weighted by atomic mass is 79.9. The van der Waals surface area contributed by atoms with Gasteiger partial charge >= 0.3 is 0 Å². The molecule has 0 aliphatic heterocycles. The summed E-state index contributed by atoms with van der Waals surface area (Å²) in [5.41, 5.74) is 0. The molecule has 0 heterocycles. The van der Waals surface area contributed by atoms with E-state index in [1.165, 1.54) is 96.4 Å². The zero-order valence-corrected chi connectivity index (χ0v) is 26.7. The van der Waals surface area contributed by atoms with Crippen molar-refractivity contribution in [3.05, 3.63) is 0 Å². The summed E-state index contributed by atoms with van der Waals surface area (Å²) in [5.74, 6) is 0.716. The first-order chi connectivity index (χ1) is 16.0. The number of quaternary nitrogens is 1. The molecule has 0 rings (SSSR count). The summed E-state index contributed by atoms with van der Waals surface area (Å²) in [5, 5.41) is 10.7. The quantitative estimate of drug-likeness (QED) is 0.103. The van der Waals surface area contributed by atoms with Crippen molar-refractivity contribution in [3.63, 3.8) is 0 Å². The van der Waals surface area contributed by atoms with Crippen LogP contribution in [0.25, 0.3) is 0 Å². The first-order valence-electron chi connectivity index (χ1n) is 14.4. The van der Waals surface area contributed by atoms with Gasteiger partial charge in [-0.15, -0.1) is 0 Å². The number of nitrogens with zero attached hydrogens (tertiary/aromatic N) is 2. The van der Waals surface area contributed by atoms with Crippen LogP contribution in [0.1, 0.15) is 125 Å². The van der Waals surface area contributed by atoms with Gasteiger partial charge in [-0.25, -0.2) is 0 Å². The molecule has 1 atom stereocenters. The fraction of sp³-hybridized carbons (Fsp3) is 0.964. The second-order valence-electron chi connectivity index (χ2n) is 9.88. The fourth-order valence-corrected chi connectivity index (χ4v) is 6.11. The molecule has 1 N–H and O–H groups in total. The molecule has 0 aliphatic rings. The maximum absolute atomic E-state index is 10.7. The number of aliphatic hydroxyl groups is 1. The van der Waals surface area contributed by atoms with E-state index in [2.05, 4.69) is 39.5 Å². The van der Waals surface area contributed by atoms with Gasteiger partial charge < -0.3 is 31.5 Å². The zero-order chi connectivity index (χ0) is 24.8. The van der Waals surface area contributed by atoms with Gasteiger partial charge in [0.05, 0.1) is 19.6 Å². The van der Waals surface area contributed by atoms with E-state index >= 15 is 0 Å². The Kier molecular flexibility index (Phi) is 27.4. The van der Waals surface area contributed by atoms with E-state index in [-0.39, 0.29) is 23.1 Å². The minimum Gasteiger partial charge on any atom is -1.00 e. The van der Waals surface area contributed by atoms with Gasteiger partial charge in [-0.2, -0.15) is 0 Å². The largest absolute Gasteiger partial charge is 1.00 e. The van der Waals surface area contributed by atoms with Crippen LogP contribution >= 0.6 is 24.0 Å². The maximum atomic E-state index is 10.7. The van der Waals surface area contributed by atoms with E-state index in [0.29, 0.717) is 5.75 Å². The molecule has 0 spiro atoms. The second kappa shape index (κ2) is 25.3. The number of unbranched alkanes of at least 4 members (excludes halogenated alkanes) is 13. The molecule has 0 saturated carbocycles. The number of thiocarbonyl (C=S) groups is 1. The lowest BCUT2D eigenvalue weighted by atomic mass is 10.0. The minimum absolute atomic E-state index is 0. The third-order valence-electron chi connectivity index (χ3n) is 7.35. The smallest absolute Gasteiger partial charge is 0.136 e. The Balaban J connectivity index is 0. The van der Waals surface area contributed by atoms with Crippen LogP contribution in [0, 0.1) is 0 Å². The molecule has 0 aromatic carbocycles. The van der Waals surface area contributed by atoms with Gasteiger partial charge in [0.15, 0.2) is 0 Å². The van der Waals surface area contributed by atoms with Crippen molar-refractivity contribution in [1.82, 2.24) is 4.90 Å². The Labute approximate surface area is 234 Å². The van der Waals surface area contributed by atoms with Crippen molar-refractivity contribution in [2.24, 2.45) is 0 Å². The molecule has 1 unspecified atom stereocenters. The van der Waals surface area contributed by atoms with Crippen molar-refractivity contribution in [2.75, 3.05) is 45.0 Å². The van der Waals surface area contributed by atoms with E-state index < -0.39 is 0 Å². The van der Waals surface area contributed by atoms with Crippen molar-refractivity contribution in [2.45, 2.75) is 131 Å². The van der Waals surface area contributed by atoms with Crippen molar-refractivity contribution >= 4 is 28.3 Å². The first-order valence-corrected chi connectivity index (χ1v) is 15.8. The van der Waals surface area contributed by atoms with Crippen LogP contribution in [0.2, 0.25) is 0 Å². The molecule has 0 fully saturated rings. The summed E-state index contributed by atoms with van der Waals surface area (Å²) >= 11 is 7.18. The summed E-state index contributed by atoms with van der Waals surface area (Å²) in [6, 6.07) is 0. The molecule has 0 aromatic rings. The number of likely N-dealkylation sites (N-methyl/N-ethyl adjacent to an activating group) is 1. The van der Waals surface area contributed by atoms with Crippen LogP contribution in [0.4, 0.5) is 0 Å². The van der Waals surface area contributed by atoms with Crippen LogP contribution < -0.4 is 17.0 Å². The Hall–Kier alpha value is 0.640. The lowest BCUT2D eigenvalue weighted by molar-refractivity contribution is -0.927. The van der Waals surface area contributed by atoms with Gasteiger partial charge in [-0.1, -0.05) is 108 Å². The Morgan fingerprint density at radius 2 is 1.15 bits per heavy atom. The van der Waals surface area contributed by atoms with Crippen LogP contribution in [0.15, 0.2) is 0 Å². The first kappa shape index (κ1) is 36.8. The van der Waals surface area contributed by atoms with Crippen molar-refractivity contribution in [1.29, 1.82) is 0 Å². The summed E-state index contributed by atoms with van der Waals surface area (Å²) in [7, 11) is 0. The summed E-state index contributed by atoms with van der Waals surface area (Å²) < 4.78 is 1.97. The van der Waals surface area contributed by atoms with E-state index in [9.17, 15) is 5.11 Å². The van der Waals surface area contributed by atoms with Gasteiger partial charge in [0.2, 0.25) is 0 Å². The predicted molar refractivity (Wildman–Crippen MR) is 155 cm³/mol. The Morgan fingerprint density at radius 1 is 0.735 bits per heavy atom. The van der Waals surface area contributed by atoms with E-state index in [1.807, 2.05) is 0 Å². The standard InChI is InChI=1S/C28H59N2OS2.BrH/c1-6-11-12-13-14-15-16-17-18-19-20-21-22-23-24-30(9-4,10-5)25-27(31)26-33-28(32)29(7-2)8-3;/h27,31H,6-26H2,1-5H3;1H/q+1;/p-1. The normalized spacial score (nSPS) is 12.4. The van der Waals surface area contributed by atoms with Gasteiger partial charge in [-0.3, -0.25) is 0 Å². The third-order valence-corrected chi connectivity index (χ3v) is 9.01. The summed E-state index contributed by atoms with van der Waals surface area (Å²) in [6.07, 6.45) is 19.4. The molecule has 206 valence electrons. The average molecular weight is 584 g/mol. The van der Waals surface area contributed by atoms with Crippen LogP contribution in [-0.2, 0) is 0 Å². The van der Waals surface area contributed by atoms with Crippen LogP contribution in [0.3, 0.4) is 0 Å². The third kappa shape index (κ3) is 18.8. The SMILES string of the molecule is CCCCCCCCCCCCCCCC[N+](CC)(CC)CC(O)CSC(=S)N(CC)CC.[Br-]. The van der Waals surface area contributed by atoms with Crippen LogP contribution in [-0.4, -0.2) is 69.9 Å². The Bertz CT molecular complexity index is 446. The number of thioether (sulfide) groups is 1. The molecule has 0 amide bonds. The molecular weight excluding hydrogens is 524 g/mol. The molecule has 3 nitrogen and oxygen atoms in total. The lowest BCUT2D eigenvalue weighted by Crippen LogP contribution is -3.00. The van der Waals surface area contributed by atoms with Crippen LogP contribution in [0.5, 0.6) is 0 Å². The summed E-state index contributed by atoms with van der Waals surface area (Å²) in [6.45, 7) is 17.3. The number of aliphatic hydroxyl groups excluding tert-OH is 1. The zero-order valence-electron chi connectivity index (χ0n) is 23.5. The highest BCUT2D eigenvalue weighted by Crippen LogP contribution is 2.17. The molecule has 0 radical (unpaired) electrons. The molecule has 6 heteroatoms. The van der Waals surface area contributed by atoms with Crippen molar-refractivity contribution in [3.8, 4) is 0 Å². The monoisotopic (exact) mass is 582 g/mol. The maximum Gasteiger partial charge on any atom is 0.136 e. The number of rotatable bonds is 23. The Morgan fingerprint density at radius 3 is 1.53 bits per heavy atom. The number of hydrogen-bond donors (Lipinski definition) is 1. The van der Waals surface area contributed by atoms with Gasteiger partial charge in [-0.05, 0) is 40.5 Å². The highest BCUT2D eigenvalue weighted by Gasteiger charge is 2.27. The van der Waals surface area contributed by atoms with E-state index in [1.54, 1.807) is 11.8 Å². The molecular formula is C28H59BrN2OS2. The second-order valence-corrected chi connectivity index (χ2v) is 11.5. The van der Waals surface area contributed by atoms with Crippen molar-refractivity contribution < 1.29 is 26.6 Å². The van der Waals surface area contributed by atoms with Gasteiger partial charge in [0, 0.05) is 18.8 Å². The lowest BCUT2D eigenvalue weighted by Gasteiger charge is -2.38. The topological polar surface area (TPSA) is 23.5 Å². The predicted octanol–water partition coefficient (Wildman–Crippen LogP) is 5.05. The fourth-order valence-electron chi connectivity index (χ4n) is 4.77. The van der Waals surface area contributed by atoms with E-state index in [4.69, 9.17) is 12.2 Å². The highest BCUT2D eigenvalue weighted by molar-refractivity contribution is 8.22. The van der Waals surface area contributed by atoms with Gasteiger partial charge in [0.25, 0.3) is 0 Å². The van der Waals surface area contributed by atoms with E-state index in [0.717, 1.165) is 41.5 Å². The molecule has 0 saturated heterocycles.